The molecular weight excluding hydrogens is 342 g/mol. The molecule has 6 nitrogen and oxygen atoms in total. The van der Waals surface area contributed by atoms with Crippen molar-refractivity contribution in [1.82, 2.24) is 10.2 Å². The van der Waals surface area contributed by atoms with Crippen molar-refractivity contribution >= 4 is 29.2 Å². The average molecular weight is 368 g/mol. The monoisotopic (exact) mass is 367 g/mol. The third-order valence-electron chi connectivity index (χ3n) is 4.46. The summed E-state index contributed by atoms with van der Waals surface area (Å²) in [6.45, 7) is 1.46. The molecule has 1 atom stereocenters. The number of methoxy groups -OCH3 is 1. The molecule has 1 aliphatic heterocycles. The highest BCUT2D eigenvalue weighted by Crippen LogP contribution is 2.24. The molecule has 2 N–H and O–H groups in total. The molecule has 7 heteroatoms. The number of hydrogen-bond acceptors (Lipinski definition) is 3. The minimum absolute atomic E-state index is 0.132. The van der Waals surface area contributed by atoms with Crippen LogP contribution in [0.3, 0.4) is 0 Å². The van der Waals surface area contributed by atoms with Crippen molar-refractivity contribution in [1.29, 1.82) is 0 Å². The standard InChI is InChI=1S/C18H26ClN3O3/c1-20-17(23)15-12-13(8-9-16(15)19)21-18(24)22-10-4-3-6-14(22)7-5-11-25-2/h8-9,12,14H,3-7,10-11H2,1-2H3,(H,20,23)(H,21,24)/t14-/m0/s1. The Bertz CT molecular complexity index is 609. The van der Waals surface area contributed by atoms with Crippen molar-refractivity contribution in [3.05, 3.63) is 28.8 Å². The molecule has 138 valence electrons. The van der Waals surface area contributed by atoms with Crippen LogP contribution in [0.15, 0.2) is 18.2 Å². The SMILES string of the molecule is CNC(=O)c1cc(NC(=O)N2CCCC[C@H]2CCCOC)ccc1Cl. The number of benzene rings is 1. The number of nitrogens with zero attached hydrogens (tertiary/aromatic N) is 1. The predicted molar refractivity (Wildman–Crippen MR) is 99.3 cm³/mol. The van der Waals surface area contributed by atoms with E-state index in [1.807, 2.05) is 4.90 Å². The molecule has 1 aliphatic rings. The zero-order valence-corrected chi connectivity index (χ0v) is 15.6. The molecule has 2 rings (SSSR count). The number of ether oxygens (including phenoxy) is 1. The van der Waals surface area contributed by atoms with Crippen molar-refractivity contribution in [3.63, 3.8) is 0 Å². The van der Waals surface area contributed by atoms with Gasteiger partial charge in [-0.2, -0.15) is 0 Å². The maximum atomic E-state index is 12.7. The molecule has 0 aliphatic carbocycles. The van der Waals surface area contributed by atoms with E-state index in [0.717, 1.165) is 38.6 Å². The van der Waals surface area contributed by atoms with Crippen molar-refractivity contribution in [2.24, 2.45) is 0 Å². The first-order chi connectivity index (χ1) is 12.1. The highest BCUT2D eigenvalue weighted by Gasteiger charge is 2.26. The number of hydrogen-bond donors (Lipinski definition) is 2. The van der Waals surface area contributed by atoms with Crippen LogP contribution in [0.25, 0.3) is 0 Å². The Morgan fingerprint density at radius 1 is 1.36 bits per heavy atom. The summed E-state index contributed by atoms with van der Waals surface area (Å²) < 4.78 is 5.11. The number of amides is 3. The van der Waals surface area contributed by atoms with Crippen LogP contribution < -0.4 is 10.6 Å². The molecule has 3 amide bonds. The first kappa shape index (κ1) is 19.5. The number of piperidine rings is 1. The fourth-order valence-corrected chi connectivity index (χ4v) is 3.34. The topological polar surface area (TPSA) is 70.7 Å². The van der Waals surface area contributed by atoms with E-state index in [9.17, 15) is 9.59 Å². The summed E-state index contributed by atoms with van der Waals surface area (Å²) >= 11 is 6.05. The van der Waals surface area contributed by atoms with Gasteiger partial charge < -0.3 is 20.3 Å². The summed E-state index contributed by atoms with van der Waals surface area (Å²) in [5, 5.41) is 5.79. The van der Waals surface area contributed by atoms with Gasteiger partial charge in [-0.25, -0.2) is 4.79 Å². The molecule has 0 radical (unpaired) electrons. The molecule has 0 unspecified atom stereocenters. The van der Waals surface area contributed by atoms with Crippen molar-refractivity contribution in [2.45, 2.75) is 38.1 Å². The molecule has 1 fully saturated rings. The van der Waals surface area contributed by atoms with Crippen LogP contribution in [-0.4, -0.2) is 50.2 Å². The van der Waals surface area contributed by atoms with Crippen LogP contribution in [0.5, 0.6) is 0 Å². The van der Waals surface area contributed by atoms with E-state index in [4.69, 9.17) is 16.3 Å². The third-order valence-corrected chi connectivity index (χ3v) is 4.79. The summed E-state index contributed by atoms with van der Waals surface area (Å²) in [5.41, 5.74) is 0.909. The quantitative estimate of drug-likeness (QED) is 0.756. The number of anilines is 1. The van der Waals surface area contributed by atoms with Gasteiger partial charge in [0.1, 0.15) is 0 Å². The van der Waals surface area contributed by atoms with Gasteiger partial charge in [-0.1, -0.05) is 11.6 Å². The summed E-state index contributed by atoms with van der Waals surface area (Å²) in [4.78, 5) is 26.4. The number of carbonyl (C=O) groups excluding carboxylic acids is 2. The zero-order valence-electron chi connectivity index (χ0n) is 14.8. The summed E-state index contributed by atoms with van der Waals surface area (Å²) in [6.07, 6.45) is 5.04. The van der Waals surface area contributed by atoms with Crippen molar-refractivity contribution in [2.75, 3.05) is 32.6 Å². The van der Waals surface area contributed by atoms with Gasteiger partial charge in [-0.3, -0.25) is 4.79 Å². The minimum atomic E-state index is -0.281. The van der Waals surface area contributed by atoms with E-state index in [1.54, 1.807) is 32.4 Å². The largest absolute Gasteiger partial charge is 0.385 e. The Morgan fingerprint density at radius 3 is 2.88 bits per heavy atom. The zero-order chi connectivity index (χ0) is 18.2. The molecule has 0 bridgehead atoms. The summed E-state index contributed by atoms with van der Waals surface area (Å²) in [5.74, 6) is -0.281. The summed E-state index contributed by atoms with van der Waals surface area (Å²) in [7, 11) is 3.23. The second-order valence-corrected chi connectivity index (χ2v) is 6.59. The Hall–Kier alpha value is -1.79. The normalized spacial score (nSPS) is 17.2. The number of nitrogens with one attached hydrogen (secondary N) is 2. The van der Waals surface area contributed by atoms with Gasteiger partial charge in [0.2, 0.25) is 0 Å². The Morgan fingerprint density at radius 2 is 2.16 bits per heavy atom. The Labute approximate surface area is 153 Å². The van der Waals surface area contributed by atoms with Crippen LogP contribution >= 0.6 is 11.6 Å². The lowest BCUT2D eigenvalue weighted by atomic mass is 9.98. The lowest BCUT2D eigenvalue weighted by Crippen LogP contribution is -2.46. The number of carbonyl (C=O) groups is 2. The molecule has 0 spiro atoms. The lowest BCUT2D eigenvalue weighted by molar-refractivity contribution is 0.0963. The van der Waals surface area contributed by atoms with Crippen LogP contribution in [0, 0.1) is 0 Å². The molecule has 1 aromatic rings. The van der Waals surface area contributed by atoms with E-state index >= 15 is 0 Å². The predicted octanol–water partition coefficient (Wildman–Crippen LogP) is 3.51. The number of rotatable bonds is 6. The minimum Gasteiger partial charge on any atom is -0.385 e. The highest BCUT2D eigenvalue weighted by atomic mass is 35.5. The van der Waals surface area contributed by atoms with E-state index in [2.05, 4.69) is 10.6 Å². The second-order valence-electron chi connectivity index (χ2n) is 6.18. The fourth-order valence-electron chi connectivity index (χ4n) is 3.14. The van der Waals surface area contributed by atoms with Gasteiger partial charge in [0.25, 0.3) is 5.91 Å². The Kier molecular flexibility index (Phi) is 7.52. The maximum absolute atomic E-state index is 12.7. The lowest BCUT2D eigenvalue weighted by Gasteiger charge is -2.35. The van der Waals surface area contributed by atoms with E-state index in [1.165, 1.54) is 0 Å². The number of urea groups is 1. The molecule has 0 saturated carbocycles. The molecule has 25 heavy (non-hydrogen) atoms. The molecule has 1 heterocycles. The smallest absolute Gasteiger partial charge is 0.322 e. The van der Waals surface area contributed by atoms with Gasteiger partial charge in [0.15, 0.2) is 0 Å². The first-order valence-corrected chi connectivity index (χ1v) is 9.02. The molecule has 1 saturated heterocycles. The van der Waals surface area contributed by atoms with Gasteiger partial charge in [0, 0.05) is 39.0 Å². The first-order valence-electron chi connectivity index (χ1n) is 8.65. The van der Waals surface area contributed by atoms with Crippen LogP contribution in [0.4, 0.5) is 10.5 Å². The van der Waals surface area contributed by atoms with E-state index in [-0.39, 0.29) is 18.0 Å². The molecule has 0 aromatic heterocycles. The van der Waals surface area contributed by atoms with E-state index in [0.29, 0.717) is 22.9 Å². The Balaban J connectivity index is 2.05. The van der Waals surface area contributed by atoms with Gasteiger partial charge in [-0.05, 0) is 50.3 Å². The number of likely N-dealkylation sites (tertiary alicyclic amines) is 1. The maximum Gasteiger partial charge on any atom is 0.322 e. The summed E-state index contributed by atoms with van der Waals surface area (Å²) in [6, 6.07) is 5.02. The highest BCUT2D eigenvalue weighted by molar-refractivity contribution is 6.34. The molecule has 1 aromatic carbocycles. The van der Waals surface area contributed by atoms with Gasteiger partial charge in [0.05, 0.1) is 10.6 Å². The average Bonchev–Trinajstić information content (AvgIpc) is 2.63. The third kappa shape index (κ3) is 5.34. The van der Waals surface area contributed by atoms with Crippen LogP contribution in [-0.2, 0) is 4.74 Å². The fraction of sp³-hybridized carbons (Fsp3) is 0.556. The van der Waals surface area contributed by atoms with Crippen molar-refractivity contribution < 1.29 is 14.3 Å². The van der Waals surface area contributed by atoms with Gasteiger partial charge in [-0.15, -0.1) is 0 Å². The van der Waals surface area contributed by atoms with Crippen molar-refractivity contribution in [3.8, 4) is 0 Å². The van der Waals surface area contributed by atoms with E-state index < -0.39 is 0 Å². The van der Waals surface area contributed by atoms with Gasteiger partial charge >= 0.3 is 6.03 Å². The van der Waals surface area contributed by atoms with Crippen LogP contribution in [0.1, 0.15) is 42.5 Å². The van der Waals surface area contributed by atoms with Crippen LogP contribution in [0.2, 0.25) is 5.02 Å². The molecular formula is C18H26ClN3O3. The number of halogens is 1. The second kappa shape index (κ2) is 9.63.